The number of amides is 2. The SMILES string of the molecule is N#Cc1ccc(NC(=O)N2CCN(C3c4ccc(Cl)cc4C(CN4CCN(OC(=O)c5ccccc5)CC4)=Cc4cccnc43)CC2)cc1. The van der Waals surface area contributed by atoms with E-state index in [1.165, 1.54) is 0 Å². The van der Waals surface area contributed by atoms with E-state index in [4.69, 9.17) is 26.7 Å². The number of hydroxylamine groups is 2. The number of hydrogen-bond acceptors (Lipinski definition) is 8. The van der Waals surface area contributed by atoms with Crippen molar-refractivity contribution in [2.24, 2.45) is 0 Å². The molecule has 1 aliphatic carbocycles. The van der Waals surface area contributed by atoms with E-state index in [2.05, 4.69) is 45.5 Å². The predicted octanol–water partition coefficient (Wildman–Crippen LogP) is 5.79. The van der Waals surface area contributed by atoms with Gasteiger partial charge in [0.05, 0.1) is 28.9 Å². The van der Waals surface area contributed by atoms with Gasteiger partial charge < -0.3 is 15.1 Å². The molecule has 7 rings (SSSR count). The number of nitrogens with one attached hydrogen (secondary N) is 1. The highest BCUT2D eigenvalue weighted by Crippen LogP contribution is 2.40. The molecular formula is C38H36ClN7O3. The van der Waals surface area contributed by atoms with Gasteiger partial charge in [-0.25, -0.2) is 9.59 Å². The molecule has 1 atom stereocenters. The van der Waals surface area contributed by atoms with E-state index in [-0.39, 0.29) is 18.0 Å². The van der Waals surface area contributed by atoms with Crippen LogP contribution in [-0.2, 0) is 4.84 Å². The topological polar surface area (TPSA) is 105 Å². The van der Waals surface area contributed by atoms with Gasteiger partial charge in [-0.15, -0.1) is 5.06 Å². The lowest BCUT2D eigenvalue weighted by molar-refractivity contribution is -0.128. The first-order valence-corrected chi connectivity index (χ1v) is 16.8. The van der Waals surface area contributed by atoms with Crippen LogP contribution in [0.25, 0.3) is 11.6 Å². The van der Waals surface area contributed by atoms with Crippen molar-refractivity contribution in [3.63, 3.8) is 0 Å². The number of pyridine rings is 1. The second kappa shape index (κ2) is 14.6. The van der Waals surface area contributed by atoms with Crippen molar-refractivity contribution >= 4 is 40.9 Å². The smallest absolute Gasteiger partial charge is 0.357 e. The number of piperazine rings is 2. The maximum Gasteiger partial charge on any atom is 0.357 e. The molecule has 1 unspecified atom stereocenters. The van der Waals surface area contributed by atoms with Crippen LogP contribution in [-0.4, -0.2) is 95.7 Å². The van der Waals surface area contributed by atoms with Crippen LogP contribution in [0.2, 0.25) is 5.02 Å². The van der Waals surface area contributed by atoms with E-state index in [0.29, 0.717) is 67.7 Å². The van der Waals surface area contributed by atoms with Crippen molar-refractivity contribution in [2.45, 2.75) is 6.04 Å². The van der Waals surface area contributed by atoms with E-state index in [1.807, 2.05) is 41.4 Å². The van der Waals surface area contributed by atoms with Crippen molar-refractivity contribution in [3.05, 3.63) is 130 Å². The number of rotatable bonds is 6. The molecule has 11 heteroatoms. The lowest BCUT2D eigenvalue weighted by Crippen LogP contribution is -2.51. The van der Waals surface area contributed by atoms with Gasteiger partial charge >= 0.3 is 12.0 Å². The number of hydrogen-bond donors (Lipinski definition) is 1. The molecule has 2 amide bonds. The molecule has 2 saturated heterocycles. The van der Waals surface area contributed by atoms with Crippen LogP contribution >= 0.6 is 11.6 Å². The fourth-order valence-electron chi connectivity index (χ4n) is 6.72. The van der Waals surface area contributed by atoms with E-state index in [0.717, 1.165) is 41.0 Å². The van der Waals surface area contributed by atoms with Gasteiger partial charge in [-0.1, -0.05) is 41.9 Å². The van der Waals surface area contributed by atoms with Gasteiger partial charge in [-0.2, -0.15) is 5.26 Å². The normalized spacial score (nSPS) is 18.3. The Morgan fingerprint density at radius 2 is 1.65 bits per heavy atom. The fourth-order valence-corrected chi connectivity index (χ4v) is 6.89. The first-order chi connectivity index (χ1) is 23.9. The van der Waals surface area contributed by atoms with Crippen LogP contribution in [0.1, 0.15) is 44.3 Å². The third-order valence-electron chi connectivity index (χ3n) is 9.29. The number of benzene rings is 3. The van der Waals surface area contributed by atoms with Crippen molar-refractivity contribution in [1.29, 1.82) is 5.26 Å². The molecule has 0 spiro atoms. The Labute approximate surface area is 290 Å². The minimum Gasteiger partial charge on any atom is -0.364 e. The van der Waals surface area contributed by atoms with Crippen LogP contribution < -0.4 is 5.32 Å². The largest absolute Gasteiger partial charge is 0.364 e. The number of aromatic nitrogens is 1. The summed E-state index contributed by atoms with van der Waals surface area (Å²) in [4.78, 5) is 42.9. The minimum atomic E-state index is -0.341. The number of nitriles is 1. The Kier molecular flexibility index (Phi) is 9.68. The molecule has 4 aromatic rings. The first-order valence-electron chi connectivity index (χ1n) is 16.5. The number of halogens is 1. The van der Waals surface area contributed by atoms with Gasteiger partial charge in [-0.3, -0.25) is 14.8 Å². The lowest BCUT2D eigenvalue weighted by Gasteiger charge is -2.40. The summed E-state index contributed by atoms with van der Waals surface area (Å²) in [7, 11) is 0. The lowest BCUT2D eigenvalue weighted by atomic mass is 9.93. The number of nitrogens with zero attached hydrogens (tertiary/aromatic N) is 6. The quantitative estimate of drug-likeness (QED) is 0.274. The third-order valence-corrected chi connectivity index (χ3v) is 9.53. The van der Waals surface area contributed by atoms with Crippen molar-refractivity contribution in [1.82, 2.24) is 24.7 Å². The maximum absolute atomic E-state index is 13.1. The van der Waals surface area contributed by atoms with Crippen molar-refractivity contribution in [3.8, 4) is 6.07 Å². The van der Waals surface area contributed by atoms with E-state index in [9.17, 15) is 9.59 Å². The molecule has 3 aromatic carbocycles. The summed E-state index contributed by atoms with van der Waals surface area (Å²) in [5.74, 6) is -0.341. The van der Waals surface area contributed by atoms with Gasteiger partial charge in [0.2, 0.25) is 0 Å². The number of carbonyl (C=O) groups excluding carboxylic acids is 2. The van der Waals surface area contributed by atoms with Gasteiger partial charge in [0, 0.05) is 75.8 Å². The first kappa shape index (κ1) is 32.5. The molecule has 1 N–H and O–H groups in total. The van der Waals surface area contributed by atoms with Gasteiger partial charge in [0.25, 0.3) is 0 Å². The Morgan fingerprint density at radius 1 is 0.898 bits per heavy atom. The third kappa shape index (κ3) is 7.36. The molecule has 0 saturated carbocycles. The maximum atomic E-state index is 13.1. The summed E-state index contributed by atoms with van der Waals surface area (Å²) >= 11 is 6.65. The molecule has 0 bridgehead atoms. The molecular weight excluding hydrogens is 638 g/mol. The van der Waals surface area contributed by atoms with Gasteiger partial charge in [0.1, 0.15) is 0 Å². The molecule has 2 fully saturated rings. The summed E-state index contributed by atoms with van der Waals surface area (Å²) in [6.45, 7) is 5.86. The number of carbonyl (C=O) groups is 2. The summed E-state index contributed by atoms with van der Waals surface area (Å²) in [5.41, 5.74) is 7.18. The molecule has 49 heavy (non-hydrogen) atoms. The fraction of sp³-hybridized carbons (Fsp3) is 0.263. The predicted molar refractivity (Wildman–Crippen MR) is 189 cm³/mol. The average molecular weight is 674 g/mol. The molecule has 3 aliphatic rings. The number of fused-ring (bicyclic) bond motifs is 2. The summed E-state index contributed by atoms with van der Waals surface area (Å²) in [6.07, 6.45) is 4.08. The van der Waals surface area contributed by atoms with Crippen LogP contribution in [0.3, 0.4) is 0 Å². The molecule has 0 radical (unpaired) electrons. The van der Waals surface area contributed by atoms with E-state index in [1.54, 1.807) is 41.5 Å². The highest BCUT2D eigenvalue weighted by molar-refractivity contribution is 6.30. The minimum absolute atomic E-state index is 0.116. The zero-order chi connectivity index (χ0) is 33.7. The number of urea groups is 1. The monoisotopic (exact) mass is 673 g/mol. The molecule has 1 aromatic heterocycles. The van der Waals surface area contributed by atoms with E-state index >= 15 is 0 Å². The highest BCUT2D eigenvalue weighted by Gasteiger charge is 2.34. The molecule has 10 nitrogen and oxygen atoms in total. The van der Waals surface area contributed by atoms with Crippen molar-refractivity contribution in [2.75, 3.05) is 64.2 Å². The van der Waals surface area contributed by atoms with Crippen LogP contribution in [0.15, 0.2) is 91.1 Å². The van der Waals surface area contributed by atoms with Gasteiger partial charge in [0.15, 0.2) is 0 Å². The van der Waals surface area contributed by atoms with Crippen molar-refractivity contribution < 1.29 is 14.4 Å². The van der Waals surface area contributed by atoms with Gasteiger partial charge in [-0.05, 0) is 82.9 Å². The Hall–Kier alpha value is -5.05. The zero-order valence-corrected chi connectivity index (χ0v) is 27.7. The Bertz CT molecular complexity index is 1890. The zero-order valence-electron chi connectivity index (χ0n) is 27.0. The molecule has 3 heterocycles. The van der Waals surface area contributed by atoms with E-state index < -0.39 is 0 Å². The highest BCUT2D eigenvalue weighted by atomic mass is 35.5. The standard InChI is InChI=1S/C38H36ClN7O3/c39-31-10-13-33-34(24-31)30(26-43-15-21-46(22-16-43)49-37(47)28-5-2-1-3-6-28)23-29-7-4-14-41-35(29)36(33)44-17-19-45(20-18-44)38(48)42-32-11-8-27(25-40)9-12-32/h1-14,23-24,36H,15-22,26H2,(H,42,48). The Balaban J connectivity index is 1.06. The Morgan fingerprint density at radius 3 is 2.39 bits per heavy atom. The second-order valence-corrected chi connectivity index (χ2v) is 12.8. The summed E-state index contributed by atoms with van der Waals surface area (Å²) in [5, 5.41) is 14.4. The molecule has 248 valence electrons. The summed E-state index contributed by atoms with van der Waals surface area (Å²) in [6, 6.07) is 28.0. The molecule has 2 aliphatic heterocycles. The van der Waals surface area contributed by atoms with Crippen LogP contribution in [0.5, 0.6) is 0 Å². The number of anilines is 1. The van der Waals surface area contributed by atoms with Crippen LogP contribution in [0, 0.1) is 11.3 Å². The summed E-state index contributed by atoms with van der Waals surface area (Å²) < 4.78 is 0. The average Bonchev–Trinajstić information content (AvgIpc) is 3.27. The second-order valence-electron chi connectivity index (χ2n) is 12.4. The van der Waals surface area contributed by atoms with Crippen LogP contribution in [0.4, 0.5) is 10.5 Å².